The van der Waals surface area contributed by atoms with Gasteiger partial charge in [-0.05, 0) is 11.6 Å². The summed E-state index contributed by atoms with van der Waals surface area (Å²) >= 11 is 5.32. The summed E-state index contributed by atoms with van der Waals surface area (Å²) in [6, 6.07) is 0. The highest BCUT2D eigenvalue weighted by atomic mass is 35.5. The van der Waals surface area contributed by atoms with Gasteiger partial charge in [-0.3, -0.25) is 0 Å². The van der Waals surface area contributed by atoms with E-state index in [1.165, 1.54) is 13.3 Å². The number of esters is 1. The van der Waals surface area contributed by atoms with E-state index in [2.05, 4.69) is 14.1 Å². The second-order valence-electron chi connectivity index (χ2n) is 1.46. The van der Waals surface area contributed by atoms with Gasteiger partial charge in [0.25, 0.3) is 0 Å². The minimum Gasteiger partial charge on any atom is -0.462 e. The number of aromatic nitrogens is 1. The minimum atomic E-state index is -0.633. The van der Waals surface area contributed by atoms with Gasteiger partial charge >= 0.3 is 11.9 Å². The Hall–Kier alpha value is -1.03. The van der Waals surface area contributed by atoms with Crippen molar-refractivity contribution < 1.29 is 13.9 Å². The van der Waals surface area contributed by atoms with Crippen molar-refractivity contribution in [2.24, 2.45) is 0 Å². The van der Waals surface area contributed by atoms with E-state index < -0.39 is 5.97 Å². The van der Waals surface area contributed by atoms with Crippen LogP contribution in [0.2, 0.25) is 5.22 Å². The zero-order valence-corrected chi connectivity index (χ0v) is 5.88. The molecular formula is C5H4ClNO3. The molecule has 10 heavy (non-hydrogen) atoms. The zero-order valence-electron chi connectivity index (χ0n) is 5.13. The maximum atomic E-state index is 10.6. The topological polar surface area (TPSA) is 52.3 Å². The van der Waals surface area contributed by atoms with Gasteiger partial charge in [0.15, 0.2) is 0 Å². The first kappa shape index (κ1) is 7.08. The molecule has 0 spiro atoms. The lowest BCUT2D eigenvalue weighted by molar-refractivity contribution is 0.0556. The normalized spacial score (nSPS) is 9.40. The molecule has 5 heteroatoms. The number of ether oxygens (including phenoxy) is 1. The van der Waals surface area contributed by atoms with Crippen molar-refractivity contribution in [3.63, 3.8) is 0 Å². The number of halogens is 1. The third kappa shape index (κ3) is 1.27. The Balaban J connectivity index is 2.85. The molecule has 1 aromatic rings. The molecule has 1 rings (SSSR count). The maximum absolute atomic E-state index is 10.6. The molecule has 0 bridgehead atoms. The van der Waals surface area contributed by atoms with E-state index in [1.807, 2.05) is 0 Å². The van der Waals surface area contributed by atoms with E-state index in [0.717, 1.165) is 0 Å². The quantitative estimate of drug-likeness (QED) is 0.579. The first-order chi connectivity index (χ1) is 4.74. The molecule has 0 aliphatic rings. The number of nitrogens with zero attached hydrogens (tertiary/aromatic N) is 1. The minimum absolute atomic E-state index is 0.0698. The highest BCUT2D eigenvalue weighted by molar-refractivity contribution is 6.28. The summed E-state index contributed by atoms with van der Waals surface area (Å²) in [4.78, 5) is 14.1. The van der Waals surface area contributed by atoms with Gasteiger partial charge in [0.05, 0.1) is 13.3 Å². The first-order valence-electron chi connectivity index (χ1n) is 2.43. The van der Waals surface area contributed by atoms with Crippen molar-refractivity contribution >= 4 is 17.6 Å². The van der Waals surface area contributed by atoms with Crippen LogP contribution in [0.15, 0.2) is 10.6 Å². The monoisotopic (exact) mass is 161 g/mol. The standard InChI is InChI=1S/C5H4ClNO3/c1-9-5(8)4-7-2-3(6)10-4/h2H,1H3. The summed E-state index contributed by atoms with van der Waals surface area (Å²) < 4.78 is 8.91. The fourth-order valence-electron chi connectivity index (χ4n) is 0.436. The third-order valence-corrected chi connectivity index (χ3v) is 1.01. The summed E-state index contributed by atoms with van der Waals surface area (Å²) in [6.45, 7) is 0. The number of hydrogen-bond donors (Lipinski definition) is 0. The molecular weight excluding hydrogens is 158 g/mol. The SMILES string of the molecule is COC(=O)c1ncc(Cl)o1. The average molecular weight is 162 g/mol. The Morgan fingerprint density at radius 3 is 3.00 bits per heavy atom. The second-order valence-corrected chi connectivity index (χ2v) is 1.83. The Morgan fingerprint density at radius 2 is 2.60 bits per heavy atom. The van der Waals surface area contributed by atoms with Crippen LogP contribution in [0.25, 0.3) is 0 Å². The van der Waals surface area contributed by atoms with Crippen LogP contribution in [0.1, 0.15) is 10.7 Å². The lowest BCUT2D eigenvalue weighted by Crippen LogP contribution is -2.00. The molecule has 54 valence electrons. The number of rotatable bonds is 1. The average Bonchev–Trinajstić information content (AvgIpc) is 2.34. The molecule has 0 unspecified atom stereocenters. The predicted octanol–water partition coefficient (Wildman–Crippen LogP) is 1.11. The van der Waals surface area contributed by atoms with E-state index in [-0.39, 0.29) is 11.1 Å². The lowest BCUT2D eigenvalue weighted by Gasteiger charge is -1.88. The summed E-state index contributed by atoms with van der Waals surface area (Å²) in [7, 11) is 1.24. The van der Waals surface area contributed by atoms with Crippen LogP contribution in [-0.2, 0) is 4.74 Å². The van der Waals surface area contributed by atoms with Gasteiger partial charge in [0, 0.05) is 0 Å². The molecule has 0 N–H and O–H groups in total. The number of hydrogen-bond acceptors (Lipinski definition) is 4. The zero-order chi connectivity index (χ0) is 7.56. The van der Waals surface area contributed by atoms with Crippen molar-refractivity contribution in [2.45, 2.75) is 0 Å². The van der Waals surface area contributed by atoms with Crippen molar-refractivity contribution in [1.82, 2.24) is 4.98 Å². The number of carbonyl (C=O) groups excluding carboxylic acids is 1. The molecule has 0 aliphatic carbocycles. The van der Waals surface area contributed by atoms with Gasteiger partial charge in [0.1, 0.15) is 0 Å². The maximum Gasteiger partial charge on any atom is 0.394 e. The molecule has 0 aromatic carbocycles. The molecule has 0 fully saturated rings. The van der Waals surface area contributed by atoms with Crippen molar-refractivity contribution in [1.29, 1.82) is 0 Å². The van der Waals surface area contributed by atoms with Crippen LogP contribution in [0, 0.1) is 0 Å². The summed E-state index contributed by atoms with van der Waals surface area (Å²) in [5.41, 5.74) is 0. The highest BCUT2D eigenvalue weighted by Gasteiger charge is 2.11. The molecule has 0 saturated carbocycles. The predicted molar refractivity (Wildman–Crippen MR) is 32.9 cm³/mol. The van der Waals surface area contributed by atoms with Gasteiger partial charge in [-0.2, -0.15) is 0 Å². The van der Waals surface area contributed by atoms with Crippen molar-refractivity contribution in [2.75, 3.05) is 7.11 Å². The molecule has 0 radical (unpaired) electrons. The van der Waals surface area contributed by atoms with E-state index in [1.54, 1.807) is 0 Å². The number of oxazole rings is 1. The summed E-state index contributed by atoms with van der Waals surface area (Å²) in [5.74, 6) is -0.764. The van der Waals surface area contributed by atoms with Gasteiger partial charge in [-0.1, -0.05) is 0 Å². The molecule has 1 aromatic heterocycles. The Labute approximate surface area is 61.8 Å². The van der Waals surface area contributed by atoms with Crippen LogP contribution in [0.3, 0.4) is 0 Å². The van der Waals surface area contributed by atoms with Gasteiger partial charge < -0.3 is 9.15 Å². The Morgan fingerprint density at radius 1 is 1.90 bits per heavy atom. The molecule has 0 atom stereocenters. The van der Waals surface area contributed by atoms with Gasteiger partial charge in [-0.15, -0.1) is 0 Å². The Bertz CT molecular complexity index is 245. The van der Waals surface area contributed by atoms with E-state index >= 15 is 0 Å². The van der Waals surface area contributed by atoms with Gasteiger partial charge in [-0.25, -0.2) is 9.78 Å². The van der Waals surface area contributed by atoms with E-state index in [9.17, 15) is 4.79 Å². The molecule has 1 heterocycles. The first-order valence-corrected chi connectivity index (χ1v) is 2.81. The van der Waals surface area contributed by atoms with E-state index in [4.69, 9.17) is 11.6 Å². The fourth-order valence-corrected chi connectivity index (χ4v) is 0.558. The summed E-state index contributed by atoms with van der Waals surface area (Å²) in [5, 5.41) is 0.0698. The van der Waals surface area contributed by atoms with Gasteiger partial charge in [0.2, 0.25) is 5.22 Å². The van der Waals surface area contributed by atoms with Crippen LogP contribution < -0.4 is 0 Å². The lowest BCUT2D eigenvalue weighted by atomic mass is 10.7. The molecule has 0 amide bonds. The highest BCUT2D eigenvalue weighted by Crippen LogP contribution is 2.09. The Kier molecular flexibility index (Phi) is 1.91. The third-order valence-electron chi connectivity index (χ3n) is 0.837. The van der Waals surface area contributed by atoms with Crippen molar-refractivity contribution in [3.8, 4) is 0 Å². The second kappa shape index (κ2) is 2.70. The van der Waals surface area contributed by atoms with E-state index in [0.29, 0.717) is 0 Å². The summed E-state index contributed by atoms with van der Waals surface area (Å²) in [6.07, 6.45) is 1.23. The van der Waals surface area contributed by atoms with Crippen molar-refractivity contribution in [3.05, 3.63) is 17.3 Å². The smallest absolute Gasteiger partial charge is 0.394 e. The molecule has 0 saturated heterocycles. The fraction of sp³-hybridized carbons (Fsp3) is 0.200. The van der Waals surface area contributed by atoms with Crippen LogP contribution >= 0.6 is 11.6 Å². The molecule has 4 nitrogen and oxygen atoms in total. The largest absolute Gasteiger partial charge is 0.462 e. The van der Waals surface area contributed by atoms with Crippen LogP contribution in [0.4, 0.5) is 0 Å². The van der Waals surface area contributed by atoms with Crippen LogP contribution in [-0.4, -0.2) is 18.1 Å². The number of methoxy groups -OCH3 is 1. The molecule has 0 aliphatic heterocycles. The number of carbonyl (C=O) groups is 1. The van der Waals surface area contributed by atoms with Crippen LogP contribution in [0.5, 0.6) is 0 Å².